The van der Waals surface area contributed by atoms with E-state index in [1.807, 2.05) is 76.2 Å². The van der Waals surface area contributed by atoms with Crippen molar-refractivity contribution in [1.29, 1.82) is 0 Å². The van der Waals surface area contributed by atoms with Crippen LogP contribution in [0.1, 0.15) is 128 Å². The van der Waals surface area contributed by atoms with Gasteiger partial charge in [0.25, 0.3) is 0 Å². The maximum atomic E-state index is 12.4. The molecule has 0 fully saturated rings. The van der Waals surface area contributed by atoms with Gasteiger partial charge in [0.05, 0.1) is 190 Å². The molecule has 0 unspecified atom stereocenters. The summed E-state index contributed by atoms with van der Waals surface area (Å²) in [5.41, 5.74) is -2.20. The Morgan fingerprint density at radius 3 is 0.635 bits per heavy atom. The lowest BCUT2D eigenvalue weighted by atomic mass is 9.92. The van der Waals surface area contributed by atoms with Gasteiger partial charge < -0.3 is 118 Å². The average molecular weight is 1500 g/mol. The Bertz CT molecular complexity index is 1990. The highest BCUT2D eigenvalue weighted by Gasteiger charge is 2.33. The van der Waals surface area contributed by atoms with E-state index in [1.165, 1.54) is 0 Å². The number of nitrogens with one attached hydrogen (secondary N) is 8. The molecule has 0 spiro atoms. The predicted molar refractivity (Wildman–Crippen MR) is 390 cm³/mol. The van der Waals surface area contributed by atoms with E-state index in [-0.39, 0.29) is 185 Å². The van der Waals surface area contributed by atoms with Crippen molar-refractivity contribution in [2.24, 2.45) is 27.6 Å². The quantitative estimate of drug-likeness (QED) is 0.0404. The first kappa shape index (κ1) is 99.1. The molecule has 32 heteroatoms. The minimum absolute atomic E-state index is 0.0273. The highest BCUT2D eigenvalue weighted by molar-refractivity contribution is 5.82. The first-order valence-electron chi connectivity index (χ1n) is 37.2. The van der Waals surface area contributed by atoms with Crippen molar-refractivity contribution >= 4 is 47.3 Å². The van der Waals surface area contributed by atoms with Crippen molar-refractivity contribution in [3.63, 3.8) is 0 Å². The number of hydrogen-bond donors (Lipinski definition) is 8. The van der Waals surface area contributed by atoms with Crippen LogP contribution in [-0.2, 0) is 114 Å². The van der Waals surface area contributed by atoms with Gasteiger partial charge in [-0.2, -0.15) is 0 Å². The van der Waals surface area contributed by atoms with Gasteiger partial charge in [0.2, 0.25) is 47.3 Å². The fraction of sp³-hybridized carbons (Fsp3) is 0.889. The number of carbonyl (C=O) groups is 8. The van der Waals surface area contributed by atoms with Crippen molar-refractivity contribution in [2.45, 2.75) is 128 Å². The van der Waals surface area contributed by atoms with E-state index in [1.54, 1.807) is 0 Å². The second kappa shape index (κ2) is 66.3. The average Bonchev–Trinajstić information content (AvgIpc) is 0.871. The summed E-state index contributed by atoms with van der Waals surface area (Å²) >= 11 is 0. The summed E-state index contributed by atoms with van der Waals surface area (Å²) in [5, 5.41) is 22.8. The third-order valence-corrected chi connectivity index (χ3v) is 14.4. The number of rotatable bonds is 73. The summed E-state index contributed by atoms with van der Waals surface area (Å²) in [6.07, 6.45) is 3.14. The normalized spacial score (nSPS) is 12.0. The van der Waals surface area contributed by atoms with E-state index in [9.17, 15) is 38.4 Å². The van der Waals surface area contributed by atoms with E-state index >= 15 is 0 Å². The van der Waals surface area contributed by atoms with Crippen LogP contribution in [0, 0.1) is 27.6 Å². The van der Waals surface area contributed by atoms with Crippen LogP contribution in [0.25, 0.3) is 0 Å². The fourth-order valence-corrected chi connectivity index (χ4v) is 8.15. The van der Waals surface area contributed by atoms with Gasteiger partial charge in [-0.25, -0.2) is 0 Å². The molecule has 0 aliphatic carbocycles. The summed E-state index contributed by atoms with van der Waals surface area (Å²) in [5.74, 6) is -0.797. The number of hydrogen-bond acceptors (Lipinski definition) is 24. The van der Waals surface area contributed by atoms with Crippen molar-refractivity contribution in [3.05, 3.63) is 0 Å². The smallest absolute Gasteiger partial charge is 0.225 e. The zero-order valence-electron chi connectivity index (χ0n) is 65.3. The highest BCUT2D eigenvalue weighted by atomic mass is 16.6. The molecule has 8 N–H and O–H groups in total. The molecule has 32 nitrogen and oxygen atoms in total. The summed E-state index contributed by atoms with van der Waals surface area (Å²) in [4.78, 5) is 97.1. The summed E-state index contributed by atoms with van der Waals surface area (Å²) in [6.45, 7) is 33.2. The lowest BCUT2D eigenvalue weighted by Gasteiger charge is -2.33. The lowest BCUT2D eigenvalue weighted by molar-refractivity contribution is -0.129. The monoisotopic (exact) mass is 1500 g/mol. The highest BCUT2D eigenvalue weighted by Crippen LogP contribution is 2.21. The van der Waals surface area contributed by atoms with Gasteiger partial charge in [0.15, 0.2) is 0 Å². The van der Waals surface area contributed by atoms with Crippen LogP contribution in [0.15, 0.2) is 0 Å². The second-order valence-electron chi connectivity index (χ2n) is 27.8. The molecule has 0 aliphatic rings. The summed E-state index contributed by atoms with van der Waals surface area (Å²) in [7, 11) is 0. The Morgan fingerprint density at radius 1 is 0.231 bits per heavy atom. The Hall–Kier alpha value is -4.88. The van der Waals surface area contributed by atoms with E-state index in [0.717, 1.165) is 0 Å². The minimum atomic E-state index is -0.808. The molecular formula is C72H138N8O24. The third kappa shape index (κ3) is 65.4. The lowest BCUT2D eigenvalue weighted by Crippen LogP contribution is -2.43. The van der Waals surface area contributed by atoms with Crippen LogP contribution in [0.3, 0.4) is 0 Å². The van der Waals surface area contributed by atoms with Crippen molar-refractivity contribution in [1.82, 2.24) is 42.5 Å². The van der Waals surface area contributed by atoms with Gasteiger partial charge in [-0.15, -0.1) is 0 Å². The Balaban J connectivity index is 5.35. The van der Waals surface area contributed by atoms with Crippen LogP contribution in [0.4, 0.5) is 0 Å². The molecule has 0 heterocycles. The first-order chi connectivity index (χ1) is 49.8. The standard InChI is InChI=1S/C72H138N8O24/c1-60(2)65(85)77-24-36-97-44-40-93-32-16-61(81)73-20-12-28-89-48-52-101-56-72(57-102-53-49-90-29-13-21-74-62(82)17-33-94-41-45-98-37-25-78-66(86)69(3,4)5,58-103-54-50-91-30-14-22-75-63(83)18-34-95-42-46-99-38-26-79-67(87)70(6,7)8)59-104-55-51-92-31-15-23-76-64(84)19-35-96-43-47-100-39-27-80-68(88)71(9,10)11/h60H,12-59H2,1-11H3,(H,73,81)(H,74,82)(H,75,83)(H,76,84)(H,77,85)(H,78,86)(H,79,87)(H,80,88). The van der Waals surface area contributed by atoms with Gasteiger partial charge >= 0.3 is 0 Å². The molecule has 0 radical (unpaired) electrons. The minimum Gasteiger partial charge on any atom is -0.379 e. The van der Waals surface area contributed by atoms with Crippen molar-refractivity contribution < 1.29 is 114 Å². The van der Waals surface area contributed by atoms with E-state index < -0.39 is 21.7 Å². The van der Waals surface area contributed by atoms with Gasteiger partial charge in [-0.1, -0.05) is 76.2 Å². The maximum Gasteiger partial charge on any atom is 0.225 e. The zero-order chi connectivity index (χ0) is 77.1. The zero-order valence-corrected chi connectivity index (χ0v) is 65.3. The van der Waals surface area contributed by atoms with Gasteiger partial charge in [-0.05, 0) is 25.7 Å². The largest absolute Gasteiger partial charge is 0.379 e. The van der Waals surface area contributed by atoms with E-state index in [0.29, 0.717) is 184 Å². The predicted octanol–water partition coefficient (Wildman–Crippen LogP) is 2.08. The number of ether oxygens (including phenoxy) is 16. The molecule has 0 aromatic rings. The molecule has 0 aromatic carbocycles. The van der Waals surface area contributed by atoms with Crippen LogP contribution < -0.4 is 42.5 Å². The molecule has 0 atom stereocenters. The van der Waals surface area contributed by atoms with Crippen molar-refractivity contribution in [2.75, 3.05) is 264 Å². The SMILES string of the molecule is CC(C)C(=O)NCCOCCOCCC(=O)NCCCOCCOCC(COCCOCCCNC(=O)CCOCCOCCNC(=O)C(C)(C)C)(COCCOCCCNC(=O)CCOCCOCCNC(=O)C(C)(C)C)COCCOCCCNC(=O)CCOCCOCCNC(=O)C(C)(C)C. The van der Waals surface area contributed by atoms with E-state index in [4.69, 9.17) is 75.8 Å². The molecule has 0 saturated heterocycles. The summed E-state index contributed by atoms with van der Waals surface area (Å²) < 4.78 is 92.4. The van der Waals surface area contributed by atoms with E-state index in [2.05, 4.69) is 42.5 Å². The summed E-state index contributed by atoms with van der Waals surface area (Å²) in [6, 6.07) is 0. The van der Waals surface area contributed by atoms with Gasteiger partial charge in [-0.3, -0.25) is 38.4 Å². The second-order valence-corrected chi connectivity index (χ2v) is 27.8. The first-order valence-corrected chi connectivity index (χ1v) is 37.2. The topological polar surface area (TPSA) is 380 Å². The molecule has 0 aromatic heterocycles. The van der Waals surface area contributed by atoms with Crippen LogP contribution >= 0.6 is 0 Å². The maximum absolute atomic E-state index is 12.4. The molecule has 0 bridgehead atoms. The molecular weight excluding hydrogens is 1360 g/mol. The Labute approximate surface area is 620 Å². The Kier molecular flexibility index (Phi) is 63.2. The Morgan fingerprint density at radius 2 is 0.423 bits per heavy atom. The molecule has 0 rings (SSSR count). The molecule has 104 heavy (non-hydrogen) atoms. The molecule has 0 aliphatic heterocycles. The number of carbonyl (C=O) groups excluding carboxylic acids is 8. The van der Waals surface area contributed by atoms with Crippen molar-refractivity contribution in [3.8, 4) is 0 Å². The van der Waals surface area contributed by atoms with Crippen LogP contribution in [0.5, 0.6) is 0 Å². The van der Waals surface area contributed by atoms with Gasteiger partial charge in [0, 0.05) is 127 Å². The molecule has 0 saturated carbocycles. The van der Waals surface area contributed by atoms with Crippen LogP contribution in [-0.4, -0.2) is 311 Å². The van der Waals surface area contributed by atoms with Gasteiger partial charge in [0.1, 0.15) is 0 Å². The third-order valence-electron chi connectivity index (χ3n) is 14.4. The van der Waals surface area contributed by atoms with Crippen LogP contribution in [0.2, 0.25) is 0 Å². The molecule has 8 amide bonds. The number of amides is 8. The molecule has 610 valence electrons. The fourth-order valence-electron chi connectivity index (χ4n) is 8.15.